The molecule has 0 aliphatic heterocycles. The van der Waals surface area contributed by atoms with E-state index in [-0.39, 0.29) is 22.9 Å². The van der Waals surface area contributed by atoms with Crippen molar-refractivity contribution in [3.63, 3.8) is 0 Å². The van der Waals surface area contributed by atoms with Gasteiger partial charge in [0.1, 0.15) is 0 Å². The number of sulfonamides is 1. The van der Waals surface area contributed by atoms with Crippen molar-refractivity contribution in [1.82, 2.24) is 14.9 Å². The summed E-state index contributed by atoms with van der Waals surface area (Å²) in [6, 6.07) is 13.1. The van der Waals surface area contributed by atoms with Gasteiger partial charge in [0.15, 0.2) is 6.10 Å². The van der Waals surface area contributed by atoms with E-state index in [4.69, 9.17) is 9.15 Å². The van der Waals surface area contributed by atoms with Crippen LogP contribution in [0.1, 0.15) is 41.8 Å². The topological polar surface area (TPSA) is 111 Å². The highest BCUT2D eigenvalue weighted by Gasteiger charge is 2.21. The number of benzene rings is 2. The maximum atomic E-state index is 12.4. The van der Waals surface area contributed by atoms with E-state index in [1.807, 2.05) is 31.2 Å². The predicted octanol–water partition coefficient (Wildman–Crippen LogP) is 3.26. The minimum absolute atomic E-state index is 0.0728. The Kier molecular flexibility index (Phi) is 6.09. The first-order valence-electron chi connectivity index (χ1n) is 9.01. The average Bonchev–Trinajstić information content (AvgIpc) is 3.18. The molecule has 0 saturated carbocycles. The Morgan fingerprint density at radius 1 is 1.17 bits per heavy atom. The quantitative estimate of drug-likeness (QED) is 0.590. The summed E-state index contributed by atoms with van der Waals surface area (Å²) in [7, 11) is -3.58. The van der Waals surface area contributed by atoms with Crippen molar-refractivity contribution in [2.45, 2.75) is 31.8 Å². The summed E-state index contributed by atoms with van der Waals surface area (Å²) in [6.07, 6.45) is -0.765. The summed E-state index contributed by atoms with van der Waals surface area (Å²) in [6.45, 7) is 5.54. The lowest BCUT2D eigenvalue weighted by Crippen LogP contribution is -2.23. The molecule has 0 saturated heterocycles. The van der Waals surface area contributed by atoms with Gasteiger partial charge in [-0.1, -0.05) is 24.6 Å². The van der Waals surface area contributed by atoms with Crippen LogP contribution in [0.25, 0.3) is 11.5 Å². The number of aryl methyl sites for hydroxylation is 1. The third-order valence-electron chi connectivity index (χ3n) is 4.07. The molecule has 3 rings (SSSR count). The molecule has 1 heterocycles. The molecule has 152 valence electrons. The fourth-order valence-corrected chi connectivity index (χ4v) is 3.66. The van der Waals surface area contributed by atoms with E-state index in [0.29, 0.717) is 5.89 Å². The van der Waals surface area contributed by atoms with Crippen molar-refractivity contribution in [3.8, 4) is 11.5 Å². The van der Waals surface area contributed by atoms with Gasteiger partial charge in [0.25, 0.3) is 5.89 Å². The van der Waals surface area contributed by atoms with Crippen LogP contribution in [0.2, 0.25) is 0 Å². The van der Waals surface area contributed by atoms with Crippen LogP contribution in [0.3, 0.4) is 0 Å². The molecule has 0 radical (unpaired) electrons. The molecule has 29 heavy (non-hydrogen) atoms. The highest BCUT2D eigenvalue weighted by Crippen LogP contribution is 2.24. The predicted molar refractivity (Wildman–Crippen MR) is 106 cm³/mol. The molecular weight excluding hydrogens is 394 g/mol. The number of nitrogens with zero attached hydrogens (tertiary/aromatic N) is 2. The number of hydrogen-bond acceptors (Lipinski definition) is 7. The lowest BCUT2D eigenvalue weighted by Gasteiger charge is -2.10. The van der Waals surface area contributed by atoms with Crippen molar-refractivity contribution in [2.75, 3.05) is 6.54 Å². The van der Waals surface area contributed by atoms with Gasteiger partial charge in [-0.15, -0.1) is 10.2 Å². The van der Waals surface area contributed by atoms with Gasteiger partial charge in [0, 0.05) is 12.1 Å². The fourth-order valence-electron chi connectivity index (χ4n) is 2.62. The minimum Gasteiger partial charge on any atom is -0.449 e. The summed E-state index contributed by atoms with van der Waals surface area (Å²) in [4.78, 5) is 12.4. The van der Waals surface area contributed by atoms with E-state index in [1.165, 1.54) is 24.3 Å². The zero-order valence-electron chi connectivity index (χ0n) is 16.2. The summed E-state index contributed by atoms with van der Waals surface area (Å²) in [5, 5.41) is 7.96. The van der Waals surface area contributed by atoms with Gasteiger partial charge in [-0.25, -0.2) is 17.9 Å². The second-order valence-electron chi connectivity index (χ2n) is 6.39. The summed E-state index contributed by atoms with van der Waals surface area (Å²) < 4.78 is 37.3. The summed E-state index contributed by atoms with van der Waals surface area (Å²) in [5.74, 6) is -0.119. The third-order valence-corrected chi connectivity index (χ3v) is 5.63. The number of nitrogens with one attached hydrogen (secondary N) is 1. The monoisotopic (exact) mass is 415 g/mol. The van der Waals surface area contributed by atoms with Crippen LogP contribution >= 0.6 is 0 Å². The molecule has 1 atom stereocenters. The smallest absolute Gasteiger partial charge is 0.338 e. The second kappa shape index (κ2) is 8.54. The van der Waals surface area contributed by atoms with E-state index >= 15 is 0 Å². The van der Waals surface area contributed by atoms with E-state index in [9.17, 15) is 13.2 Å². The lowest BCUT2D eigenvalue weighted by molar-refractivity contribution is 0.0279. The first-order chi connectivity index (χ1) is 13.8. The van der Waals surface area contributed by atoms with Gasteiger partial charge in [-0.2, -0.15) is 0 Å². The van der Waals surface area contributed by atoms with Crippen molar-refractivity contribution in [1.29, 1.82) is 0 Å². The molecule has 1 N–H and O–H groups in total. The molecule has 0 aliphatic carbocycles. The number of carbonyl (C=O) groups is 1. The Hall–Kier alpha value is -3.04. The largest absolute Gasteiger partial charge is 0.449 e. The van der Waals surface area contributed by atoms with E-state index in [1.54, 1.807) is 13.8 Å². The number of hydrogen-bond donors (Lipinski definition) is 1. The average molecular weight is 415 g/mol. The molecule has 0 spiro atoms. The Morgan fingerprint density at radius 2 is 1.90 bits per heavy atom. The van der Waals surface area contributed by atoms with Gasteiger partial charge in [0.2, 0.25) is 15.9 Å². The third kappa shape index (κ3) is 4.87. The number of carbonyl (C=O) groups excluding carboxylic acids is 1. The molecule has 0 aliphatic rings. The lowest BCUT2D eigenvalue weighted by atomic mass is 10.1. The van der Waals surface area contributed by atoms with Gasteiger partial charge >= 0.3 is 5.97 Å². The molecule has 8 nitrogen and oxygen atoms in total. The van der Waals surface area contributed by atoms with Crippen LogP contribution in [-0.4, -0.2) is 31.1 Å². The zero-order valence-corrected chi connectivity index (χ0v) is 17.1. The SMILES string of the molecule is CCNS(=O)(=O)c1ccc(C(=O)O[C@@H](C)c2nnc(-c3cccc(C)c3)o2)cc1. The van der Waals surface area contributed by atoms with E-state index in [0.717, 1.165) is 11.1 Å². The molecule has 2 aromatic carbocycles. The molecule has 1 aromatic heterocycles. The molecule has 0 bridgehead atoms. The maximum Gasteiger partial charge on any atom is 0.338 e. The van der Waals surface area contributed by atoms with Gasteiger partial charge < -0.3 is 9.15 Å². The molecule has 0 amide bonds. The van der Waals surface area contributed by atoms with Crippen LogP contribution in [-0.2, 0) is 14.8 Å². The molecule has 0 fully saturated rings. The molecule has 9 heteroatoms. The Balaban J connectivity index is 1.69. The number of rotatable bonds is 7. The van der Waals surface area contributed by atoms with Crippen LogP contribution in [0.5, 0.6) is 0 Å². The number of aromatic nitrogens is 2. The van der Waals surface area contributed by atoms with Crippen LogP contribution in [0.15, 0.2) is 57.8 Å². The van der Waals surface area contributed by atoms with Gasteiger partial charge in [-0.05, 0) is 50.2 Å². The second-order valence-corrected chi connectivity index (χ2v) is 8.16. The molecular formula is C20H21N3O5S. The first kappa shape index (κ1) is 20.7. The van der Waals surface area contributed by atoms with Crippen LogP contribution in [0, 0.1) is 6.92 Å². The normalized spacial score (nSPS) is 12.5. The van der Waals surface area contributed by atoms with Crippen molar-refractivity contribution in [2.24, 2.45) is 0 Å². The highest BCUT2D eigenvalue weighted by molar-refractivity contribution is 7.89. The van der Waals surface area contributed by atoms with Crippen molar-refractivity contribution < 1.29 is 22.4 Å². The molecule has 0 unspecified atom stereocenters. The zero-order chi connectivity index (χ0) is 21.0. The van der Waals surface area contributed by atoms with Crippen molar-refractivity contribution in [3.05, 3.63) is 65.5 Å². The van der Waals surface area contributed by atoms with Gasteiger partial charge in [0.05, 0.1) is 10.5 Å². The first-order valence-corrected chi connectivity index (χ1v) is 10.5. The van der Waals surface area contributed by atoms with E-state index in [2.05, 4.69) is 14.9 Å². The van der Waals surface area contributed by atoms with Gasteiger partial charge in [-0.3, -0.25) is 0 Å². The standard InChI is InChI=1S/C20H21N3O5S/c1-4-21-29(25,26)17-10-8-15(9-11-17)20(24)27-14(3)18-22-23-19(28-18)16-7-5-6-13(2)12-16/h5-12,14,21H,4H2,1-3H3/t14-/m0/s1. The maximum absolute atomic E-state index is 12.4. The Morgan fingerprint density at radius 3 is 2.55 bits per heavy atom. The van der Waals surface area contributed by atoms with Crippen LogP contribution < -0.4 is 4.72 Å². The van der Waals surface area contributed by atoms with E-state index < -0.39 is 22.1 Å². The summed E-state index contributed by atoms with van der Waals surface area (Å²) in [5.41, 5.74) is 2.05. The van der Waals surface area contributed by atoms with Crippen LogP contribution in [0.4, 0.5) is 0 Å². The molecule has 3 aromatic rings. The number of ether oxygens (including phenoxy) is 1. The fraction of sp³-hybridized carbons (Fsp3) is 0.250. The van der Waals surface area contributed by atoms with Crippen molar-refractivity contribution >= 4 is 16.0 Å². The summed E-state index contributed by atoms with van der Waals surface area (Å²) >= 11 is 0. The minimum atomic E-state index is -3.58. The Bertz CT molecular complexity index is 1110. The highest BCUT2D eigenvalue weighted by atomic mass is 32.2. The Labute approximate surface area is 169 Å². The number of esters is 1.